The fourth-order valence-electron chi connectivity index (χ4n) is 4.54. The van der Waals surface area contributed by atoms with Crippen LogP contribution in [0.4, 0.5) is 0 Å². The smallest absolute Gasteiger partial charge is 0.160 e. The van der Waals surface area contributed by atoms with Crippen LogP contribution < -0.4 is 0 Å². The van der Waals surface area contributed by atoms with Gasteiger partial charge in [0.05, 0.1) is 19.3 Å². The summed E-state index contributed by atoms with van der Waals surface area (Å²) in [5, 5.41) is 1.41. The Morgan fingerprint density at radius 3 is 2.86 bits per heavy atom. The maximum absolute atomic E-state index is 5.77. The van der Waals surface area contributed by atoms with Crippen molar-refractivity contribution in [2.24, 2.45) is 5.92 Å². The molecule has 5 rings (SSSR count). The van der Waals surface area contributed by atoms with Gasteiger partial charge in [0.25, 0.3) is 0 Å². The van der Waals surface area contributed by atoms with Gasteiger partial charge in [-0.1, -0.05) is 18.2 Å². The van der Waals surface area contributed by atoms with Crippen molar-refractivity contribution in [1.82, 2.24) is 9.88 Å². The van der Waals surface area contributed by atoms with Crippen LogP contribution in [0.3, 0.4) is 0 Å². The largest absolute Gasteiger partial charge is 0.357 e. The monoisotopic (exact) mass is 298 g/mol. The highest BCUT2D eigenvalue weighted by molar-refractivity contribution is 5.85. The predicted octanol–water partition coefficient (Wildman–Crippen LogP) is 2.85. The highest BCUT2D eigenvalue weighted by atomic mass is 16.7. The van der Waals surface area contributed by atoms with E-state index in [-0.39, 0.29) is 6.29 Å². The lowest BCUT2D eigenvalue weighted by Crippen LogP contribution is -2.43. The van der Waals surface area contributed by atoms with E-state index < -0.39 is 0 Å². The third-order valence-electron chi connectivity index (χ3n) is 5.62. The Balaban J connectivity index is 1.50. The molecule has 2 saturated heterocycles. The molecule has 1 N–H and O–H groups in total. The first kappa shape index (κ1) is 13.1. The molecule has 1 aromatic carbocycles. The number of hydrogen-bond acceptors (Lipinski definition) is 3. The van der Waals surface area contributed by atoms with Gasteiger partial charge in [-0.15, -0.1) is 0 Å². The summed E-state index contributed by atoms with van der Waals surface area (Å²) in [6, 6.07) is 9.21. The Labute approximate surface area is 130 Å². The van der Waals surface area contributed by atoms with Gasteiger partial charge >= 0.3 is 0 Å². The van der Waals surface area contributed by atoms with E-state index in [0.29, 0.717) is 12.0 Å². The highest BCUT2D eigenvalue weighted by Gasteiger charge is 2.39. The van der Waals surface area contributed by atoms with Crippen molar-refractivity contribution in [3.63, 3.8) is 0 Å². The van der Waals surface area contributed by atoms with E-state index >= 15 is 0 Å². The first-order valence-electron chi connectivity index (χ1n) is 8.47. The zero-order chi connectivity index (χ0) is 14.5. The van der Waals surface area contributed by atoms with E-state index in [1.54, 1.807) is 0 Å². The van der Waals surface area contributed by atoms with E-state index in [1.165, 1.54) is 35.1 Å². The minimum absolute atomic E-state index is 0.0249. The van der Waals surface area contributed by atoms with Crippen molar-refractivity contribution < 1.29 is 9.47 Å². The normalized spacial score (nSPS) is 29.6. The Bertz CT molecular complexity index is 689. The van der Waals surface area contributed by atoms with Gasteiger partial charge in [-0.05, 0) is 37.4 Å². The van der Waals surface area contributed by atoms with Gasteiger partial charge in [0.15, 0.2) is 6.29 Å². The fraction of sp³-hybridized carbons (Fsp3) is 0.556. The van der Waals surface area contributed by atoms with Gasteiger partial charge in [-0.2, -0.15) is 0 Å². The number of aromatic nitrogens is 1. The van der Waals surface area contributed by atoms with Crippen LogP contribution in [0.25, 0.3) is 10.9 Å². The fourth-order valence-corrected chi connectivity index (χ4v) is 4.54. The molecule has 22 heavy (non-hydrogen) atoms. The van der Waals surface area contributed by atoms with Crippen LogP contribution in [-0.4, -0.2) is 42.5 Å². The molecular weight excluding hydrogens is 276 g/mol. The second-order valence-corrected chi connectivity index (χ2v) is 6.76. The molecule has 2 atom stereocenters. The molecule has 116 valence electrons. The molecule has 3 aliphatic rings. The zero-order valence-electron chi connectivity index (χ0n) is 12.8. The van der Waals surface area contributed by atoms with Crippen molar-refractivity contribution in [1.29, 1.82) is 0 Å². The van der Waals surface area contributed by atoms with Crippen LogP contribution in [0.2, 0.25) is 0 Å². The number of H-pyrrole nitrogens is 1. The first-order valence-corrected chi connectivity index (χ1v) is 8.47. The van der Waals surface area contributed by atoms with Gasteiger partial charge in [-0.25, -0.2) is 0 Å². The molecule has 0 amide bonds. The summed E-state index contributed by atoms with van der Waals surface area (Å²) in [5.41, 5.74) is 4.26. The summed E-state index contributed by atoms with van der Waals surface area (Å²) in [4.78, 5) is 6.35. The molecule has 0 unspecified atom stereocenters. The average molecular weight is 298 g/mol. The van der Waals surface area contributed by atoms with Crippen LogP contribution in [0.15, 0.2) is 24.3 Å². The van der Waals surface area contributed by atoms with Gasteiger partial charge < -0.3 is 14.5 Å². The van der Waals surface area contributed by atoms with Gasteiger partial charge in [0.2, 0.25) is 0 Å². The van der Waals surface area contributed by atoms with Crippen LogP contribution in [0.1, 0.15) is 30.1 Å². The molecule has 4 heteroatoms. The third-order valence-corrected chi connectivity index (χ3v) is 5.62. The van der Waals surface area contributed by atoms with Crippen molar-refractivity contribution in [2.45, 2.75) is 31.6 Å². The summed E-state index contributed by atoms with van der Waals surface area (Å²) < 4.78 is 11.5. The number of nitrogens with one attached hydrogen (secondary N) is 1. The van der Waals surface area contributed by atoms with E-state index in [4.69, 9.17) is 9.47 Å². The quantitative estimate of drug-likeness (QED) is 0.879. The van der Waals surface area contributed by atoms with Gasteiger partial charge in [-0.3, -0.25) is 4.90 Å². The summed E-state index contributed by atoms with van der Waals surface area (Å²) >= 11 is 0. The molecule has 0 spiro atoms. The Hall–Kier alpha value is -1.36. The maximum Gasteiger partial charge on any atom is 0.160 e. The van der Waals surface area contributed by atoms with Crippen LogP contribution in [0.5, 0.6) is 0 Å². The first-order chi connectivity index (χ1) is 10.9. The molecule has 2 aromatic rings. The van der Waals surface area contributed by atoms with Crippen LogP contribution in [0, 0.1) is 5.92 Å². The number of para-hydroxylation sites is 1. The molecule has 1 aromatic heterocycles. The summed E-state index contributed by atoms with van der Waals surface area (Å²) in [5.74, 6) is 0.529. The number of aromatic amines is 1. The molecule has 0 bridgehead atoms. The second-order valence-electron chi connectivity index (χ2n) is 6.76. The van der Waals surface area contributed by atoms with E-state index in [0.717, 1.165) is 32.6 Å². The third kappa shape index (κ3) is 1.94. The minimum atomic E-state index is 0.0249. The number of rotatable bonds is 1. The van der Waals surface area contributed by atoms with Crippen molar-refractivity contribution in [3.05, 3.63) is 35.5 Å². The maximum atomic E-state index is 5.77. The van der Waals surface area contributed by atoms with Crippen LogP contribution >= 0.6 is 0 Å². The number of fused-ring (bicyclic) bond motifs is 5. The van der Waals surface area contributed by atoms with Gasteiger partial charge in [0, 0.05) is 29.1 Å². The lowest BCUT2D eigenvalue weighted by atomic mass is 9.84. The summed E-state index contributed by atoms with van der Waals surface area (Å²) in [6.07, 6.45) is 3.52. The van der Waals surface area contributed by atoms with Crippen molar-refractivity contribution >= 4 is 10.9 Å². The van der Waals surface area contributed by atoms with E-state index in [1.807, 2.05) is 0 Å². The van der Waals surface area contributed by atoms with E-state index in [9.17, 15) is 0 Å². The number of benzene rings is 1. The Morgan fingerprint density at radius 1 is 1.09 bits per heavy atom. The van der Waals surface area contributed by atoms with Crippen molar-refractivity contribution in [3.8, 4) is 0 Å². The van der Waals surface area contributed by atoms with Crippen molar-refractivity contribution in [2.75, 3.05) is 26.3 Å². The molecule has 4 nitrogen and oxygen atoms in total. The van der Waals surface area contributed by atoms with E-state index in [2.05, 4.69) is 34.1 Å². The standard InChI is InChI=1S/C18H22N2O2/c1-2-4-15-13(3-1)14-6-8-20-7-5-12(18-21-9-10-22-18)11-16(20)17(14)19-15/h1-4,12,16,18-19H,5-11H2/t12-,16-/m1/s1. The Morgan fingerprint density at radius 2 is 1.95 bits per heavy atom. The summed E-state index contributed by atoms with van der Waals surface area (Å²) in [7, 11) is 0. The topological polar surface area (TPSA) is 37.5 Å². The minimum Gasteiger partial charge on any atom is -0.357 e. The lowest BCUT2D eigenvalue weighted by molar-refractivity contribution is -0.106. The number of piperidine rings is 1. The lowest BCUT2D eigenvalue weighted by Gasteiger charge is -2.43. The number of nitrogens with zero attached hydrogens (tertiary/aromatic N) is 1. The summed E-state index contributed by atoms with van der Waals surface area (Å²) in [6.45, 7) is 3.85. The molecule has 0 aliphatic carbocycles. The molecule has 4 heterocycles. The molecule has 0 saturated carbocycles. The molecule has 0 radical (unpaired) electrons. The van der Waals surface area contributed by atoms with Gasteiger partial charge in [0.1, 0.15) is 0 Å². The predicted molar refractivity (Wildman–Crippen MR) is 84.7 cm³/mol. The molecule has 3 aliphatic heterocycles. The SMILES string of the molecule is c1ccc2c3c([nH]c2c1)[C@H]1C[C@H](C2OCCO2)CCN1CC3. The zero-order valence-corrected chi connectivity index (χ0v) is 12.8. The molecule has 2 fully saturated rings. The Kier molecular flexibility index (Phi) is 3.03. The number of hydrogen-bond donors (Lipinski definition) is 1. The highest BCUT2D eigenvalue weighted by Crippen LogP contribution is 2.42. The number of ether oxygens (including phenoxy) is 2. The second kappa shape index (κ2) is 5.08. The average Bonchev–Trinajstić information content (AvgIpc) is 3.22. The van der Waals surface area contributed by atoms with Crippen LogP contribution in [-0.2, 0) is 15.9 Å². The molecular formula is C18H22N2O2.